The molecule has 136 valence electrons. The molecule has 0 aliphatic heterocycles. The van der Waals surface area contributed by atoms with Crippen LogP contribution in [0.2, 0.25) is 0 Å². The van der Waals surface area contributed by atoms with Crippen LogP contribution >= 0.6 is 0 Å². The number of nitrogens with one attached hydrogen (secondary N) is 1. The highest BCUT2D eigenvalue weighted by Crippen LogP contribution is 2.19. The molecule has 0 aliphatic rings. The Labute approximate surface area is 146 Å². The largest absolute Gasteiger partial charge is 0.388 e. The molecule has 0 bridgehead atoms. The average Bonchev–Trinajstić information content (AvgIpc) is 3.09. The van der Waals surface area contributed by atoms with Crippen molar-refractivity contribution in [3.05, 3.63) is 35.5 Å². The second-order valence-corrected chi connectivity index (χ2v) is 6.18. The van der Waals surface area contributed by atoms with Crippen molar-refractivity contribution in [2.75, 3.05) is 6.54 Å². The number of hydrogen-bond donors (Lipinski definition) is 2. The highest BCUT2D eigenvalue weighted by Gasteiger charge is 2.22. The van der Waals surface area contributed by atoms with Crippen molar-refractivity contribution in [1.29, 1.82) is 0 Å². The van der Waals surface area contributed by atoms with E-state index < -0.39 is 5.60 Å². The zero-order chi connectivity index (χ0) is 18.4. The van der Waals surface area contributed by atoms with Gasteiger partial charge in [-0.1, -0.05) is 31.1 Å². The Kier molecular flexibility index (Phi) is 6.25. The SMILES string of the molecule is CCC(O)(CC)CNC(=O)CCc1nc(-c2ccc(C)c(F)c2)no1. The third-order valence-electron chi connectivity index (χ3n) is 4.39. The van der Waals surface area contributed by atoms with Crippen molar-refractivity contribution in [3.8, 4) is 11.4 Å². The molecule has 0 unspecified atom stereocenters. The predicted molar refractivity (Wildman–Crippen MR) is 91.3 cm³/mol. The van der Waals surface area contributed by atoms with E-state index in [1.54, 1.807) is 19.1 Å². The Morgan fingerprint density at radius 2 is 2.08 bits per heavy atom. The molecule has 1 aromatic heterocycles. The molecule has 2 rings (SSSR count). The van der Waals surface area contributed by atoms with E-state index >= 15 is 0 Å². The van der Waals surface area contributed by atoms with Crippen LogP contribution in [0.5, 0.6) is 0 Å². The summed E-state index contributed by atoms with van der Waals surface area (Å²) in [6.07, 6.45) is 1.60. The van der Waals surface area contributed by atoms with Crippen molar-refractivity contribution in [2.24, 2.45) is 0 Å². The molecule has 0 saturated heterocycles. The van der Waals surface area contributed by atoms with Gasteiger partial charge in [-0.3, -0.25) is 4.79 Å². The minimum absolute atomic E-state index is 0.174. The molecule has 25 heavy (non-hydrogen) atoms. The normalized spacial score (nSPS) is 11.6. The molecule has 1 amide bonds. The topological polar surface area (TPSA) is 88.2 Å². The summed E-state index contributed by atoms with van der Waals surface area (Å²) >= 11 is 0. The third kappa shape index (κ3) is 5.09. The maximum Gasteiger partial charge on any atom is 0.227 e. The molecular formula is C18H24FN3O3. The minimum atomic E-state index is -0.872. The van der Waals surface area contributed by atoms with E-state index in [2.05, 4.69) is 15.5 Å². The fourth-order valence-corrected chi connectivity index (χ4v) is 2.28. The first kappa shape index (κ1) is 19.1. The predicted octanol–water partition coefficient (Wildman–Crippen LogP) is 2.78. The molecule has 2 aromatic rings. The zero-order valence-corrected chi connectivity index (χ0v) is 14.8. The lowest BCUT2D eigenvalue weighted by Gasteiger charge is -2.25. The molecule has 1 aromatic carbocycles. The van der Waals surface area contributed by atoms with E-state index in [4.69, 9.17) is 4.52 Å². The summed E-state index contributed by atoms with van der Waals surface area (Å²) in [7, 11) is 0. The van der Waals surface area contributed by atoms with Crippen molar-refractivity contribution in [2.45, 2.75) is 52.1 Å². The van der Waals surface area contributed by atoms with Crippen LogP contribution < -0.4 is 5.32 Å². The number of aliphatic hydroxyl groups is 1. The number of aromatic nitrogens is 2. The number of hydrogen-bond acceptors (Lipinski definition) is 5. The van der Waals surface area contributed by atoms with Gasteiger partial charge < -0.3 is 14.9 Å². The summed E-state index contributed by atoms with van der Waals surface area (Å²) in [6, 6.07) is 4.72. The first-order valence-electron chi connectivity index (χ1n) is 8.45. The average molecular weight is 349 g/mol. The molecule has 0 radical (unpaired) electrons. The van der Waals surface area contributed by atoms with Crippen molar-refractivity contribution in [3.63, 3.8) is 0 Å². The van der Waals surface area contributed by atoms with E-state index in [1.807, 2.05) is 13.8 Å². The Morgan fingerprint density at radius 3 is 2.72 bits per heavy atom. The summed E-state index contributed by atoms with van der Waals surface area (Å²) in [4.78, 5) is 16.1. The van der Waals surface area contributed by atoms with Gasteiger partial charge in [-0.15, -0.1) is 0 Å². The highest BCUT2D eigenvalue weighted by atomic mass is 19.1. The van der Waals surface area contributed by atoms with Crippen LogP contribution in [-0.4, -0.2) is 33.3 Å². The van der Waals surface area contributed by atoms with Gasteiger partial charge >= 0.3 is 0 Å². The quantitative estimate of drug-likeness (QED) is 0.765. The van der Waals surface area contributed by atoms with Crippen molar-refractivity contribution in [1.82, 2.24) is 15.5 Å². The van der Waals surface area contributed by atoms with Crippen LogP contribution in [0, 0.1) is 12.7 Å². The standard InChI is InChI=1S/C18H24FN3O3/c1-4-18(24,5-2)11-20-15(23)8-9-16-21-17(22-25-16)13-7-6-12(3)14(19)10-13/h6-7,10,24H,4-5,8-9,11H2,1-3H3,(H,20,23). The molecule has 0 atom stereocenters. The van der Waals surface area contributed by atoms with Gasteiger partial charge in [-0.2, -0.15) is 4.98 Å². The Balaban J connectivity index is 1.89. The summed E-state index contributed by atoms with van der Waals surface area (Å²) in [6.45, 7) is 5.65. The number of aryl methyl sites for hydroxylation is 2. The van der Waals surface area contributed by atoms with Gasteiger partial charge in [-0.25, -0.2) is 4.39 Å². The Hall–Kier alpha value is -2.28. The second-order valence-electron chi connectivity index (χ2n) is 6.18. The summed E-state index contributed by atoms with van der Waals surface area (Å²) in [5.41, 5.74) is 0.199. The fourth-order valence-electron chi connectivity index (χ4n) is 2.28. The van der Waals surface area contributed by atoms with Gasteiger partial charge in [0.2, 0.25) is 17.6 Å². The van der Waals surface area contributed by atoms with E-state index in [0.29, 0.717) is 35.7 Å². The molecule has 0 fully saturated rings. The van der Waals surface area contributed by atoms with Gasteiger partial charge in [0.1, 0.15) is 5.82 Å². The number of halogens is 1. The maximum atomic E-state index is 13.6. The molecule has 1 heterocycles. The number of rotatable bonds is 8. The molecular weight excluding hydrogens is 325 g/mol. The zero-order valence-electron chi connectivity index (χ0n) is 14.8. The van der Waals surface area contributed by atoms with Crippen molar-refractivity contribution >= 4 is 5.91 Å². The van der Waals surface area contributed by atoms with Gasteiger partial charge in [0.25, 0.3) is 0 Å². The Bertz CT molecular complexity index is 726. The van der Waals surface area contributed by atoms with E-state index in [0.717, 1.165) is 0 Å². The first-order valence-corrected chi connectivity index (χ1v) is 8.45. The maximum absolute atomic E-state index is 13.6. The van der Waals surface area contributed by atoms with Crippen LogP contribution in [0.4, 0.5) is 4.39 Å². The summed E-state index contributed by atoms with van der Waals surface area (Å²) in [5.74, 6) is 0.0806. The molecule has 0 saturated carbocycles. The third-order valence-corrected chi connectivity index (χ3v) is 4.39. The van der Waals surface area contributed by atoms with Crippen LogP contribution in [0.1, 0.15) is 44.6 Å². The minimum Gasteiger partial charge on any atom is -0.388 e. The van der Waals surface area contributed by atoms with Crippen LogP contribution in [0.25, 0.3) is 11.4 Å². The van der Waals surface area contributed by atoms with Gasteiger partial charge in [-0.05, 0) is 31.4 Å². The lowest BCUT2D eigenvalue weighted by atomic mass is 9.97. The van der Waals surface area contributed by atoms with Gasteiger partial charge in [0.15, 0.2) is 0 Å². The van der Waals surface area contributed by atoms with E-state index in [1.165, 1.54) is 6.07 Å². The van der Waals surface area contributed by atoms with Crippen LogP contribution in [-0.2, 0) is 11.2 Å². The number of nitrogens with zero attached hydrogens (tertiary/aromatic N) is 2. The summed E-state index contributed by atoms with van der Waals surface area (Å²) in [5, 5.41) is 16.7. The first-order chi connectivity index (χ1) is 11.9. The number of amides is 1. The molecule has 7 heteroatoms. The highest BCUT2D eigenvalue weighted by molar-refractivity contribution is 5.76. The molecule has 0 spiro atoms. The van der Waals surface area contributed by atoms with E-state index in [9.17, 15) is 14.3 Å². The smallest absolute Gasteiger partial charge is 0.227 e. The summed E-state index contributed by atoms with van der Waals surface area (Å²) < 4.78 is 18.7. The lowest BCUT2D eigenvalue weighted by molar-refractivity contribution is -0.122. The molecule has 0 aliphatic carbocycles. The molecule has 6 nitrogen and oxygen atoms in total. The Morgan fingerprint density at radius 1 is 1.36 bits per heavy atom. The van der Waals surface area contributed by atoms with Gasteiger partial charge in [0, 0.05) is 24.9 Å². The molecule has 2 N–H and O–H groups in total. The van der Waals surface area contributed by atoms with Crippen molar-refractivity contribution < 1.29 is 18.8 Å². The van der Waals surface area contributed by atoms with E-state index in [-0.39, 0.29) is 31.1 Å². The lowest BCUT2D eigenvalue weighted by Crippen LogP contribution is -2.42. The number of carbonyl (C=O) groups is 1. The second kappa shape index (κ2) is 8.20. The van der Waals surface area contributed by atoms with Crippen LogP contribution in [0.3, 0.4) is 0 Å². The number of carbonyl (C=O) groups excluding carboxylic acids is 1. The van der Waals surface area contributed by atoms with Gasteiger partial charge in [0.05, 0.1) is 5.60 Å². The number of benzene rings is 1. The fraction of sp³-hybridized carbons (Fsp3) is 0.500. The van der Waals surface area contributed by atoms with Crippen LogP contribution in [0.15, 0.2) is 22.7 Å². The monoisotopic (exact) mass is 349 g/mol.